The molecule has 43 heavy (non-hydrogen) atoms. The number of hydroxylamine groups is 2. The van der Waals surface area contributed by atoms with Crippen LogP contribution in [0.15, 0.2) is 12.2 Å². The topological polar surface area (TPSA) is 129 Å². The summed E-state index contributed by atoms with van der Waals surface area (Å²) in [6.45, 7) is 15.9. The van der Waals surface area contributed by atoms with Gasteiger partial charge in [-0.05, 0) is 80.6 Å². The average Bonchev–Trinajstić information content (AvgIpc) is 3.53. The molecule has 0 aromatic heterocycles. The lowest BCUT2D eigenvalue weighted by atomic mass is 9.80. The van der Waals surface area contributed by atoms with Crippen LogP contribution in [0.2, 0.25) is 0 Å². The Morgan fingerprint density at radius 2 is 1.44 bits per heavy atom. The number of rotatable bonds is 9. The highest BCUT2D eigenvalue weighted by molar-refractivity contribution is 6.08. The number of carbonyl (C=O) groups is 5. The summed E-state index contributed by atoms with van der Waals surface area (Å²) in [5, 5.41) is 1.74. The summed E-state index contributed by atoms with van der Waals surface area (Å²) in [4.78, 5) is 72.5. The Hall–Kier alpha value is -2.79. The van der Waals surface area contributed by atoms with Crippen molar-refractivity contribution in [1.29, 1.82) is 0 Å². The van der Waals surface area contributed by atoms with Crippen molar-refractivity contribution >= 4 is 29.7 Å². The summed E-state index contributed by atoms with van der Waals surface area (Å²) in [6, 6.07) is 0. The number of allylic oxidation sites excluding steroid dienone is 2. The quantitative estimate of drug-likeness (QED) is 0.167. The van der Waals surface area contributed by atoms with Gasteiger partial charge in [0, 0.05) is 30.3 Å². The Morgan fingerprint density at radius 1 is 0.930 bits per heavy atom. The van der Waals surface area contributed by atoms with Crippen molar-refractivity contribution in [2.24, 2.45) is 29.1 Å². The summed E-state index contributed by atoms with van der Waals surface area (Å²) in [5.41, 5.74) is -3.24. The molecule has 240 valence electrons. The van der Waals surface area contributed by atoms with Gasteiger partial charge in [0.1, 0.15) is 18.2 Å². The Kier molecular flexibility index (Phi) is 8.69. The third-order valence-electron chi connectivity index (χ3n) is 9.04. The fourth-order valence-electron chi connectivity index (χ4n) is 7.49. The number of amides is 2. The van der Waals surface area contributed by atoms with E-state index in [0.717, 1.165) is 11.3 Å². The van der Waals surface area contributed by atoms with Gasteiger partial charge in [-0.3, -0.25) is 28.9 Å². The van der Waals surface area contributed by atoms with E-state index >= 15 is 0 Å². The molecule has 3 unspecified atom stereocenters. The SMILES string of the molecule is COC(=O)C(C)(C)CC(ON1C(C)(C)CC(OC(=O)CN2C(=O)[C@@H]3C4C=CC(C4)[C@@H]3C2=O)CC1(C)C)C(=O)OC(C)(C)C. The standard InChI is InChI=1S/C32H48N2O9/c1-29(2,3)42-27(38)21(16-30(4,5)28(39)40-10)43-34-31(6,7)14-20(15-32(34,8)9)41-22(35)17-33-25(36)23-18-11-12-19(13-18)24(23)26(33)37/h11-12,18-21,23-24H,13-17H2,1-10H3/t18?,19?,21?,23-,24+. The molecule has 0 radical (unpaired) electrons. The zero-order valence-corrected chi connectivity index (χ0v) is 27.2. The molecule has 2 aliphatic carbocycles. The third-order valence-corrected chi connectivity index (χ3v) is 9.04. The predicted octanol–water partition coefficient (Wildman–Crippen LogP) is 3.59. The second-order valence-electron chi connectivity index (χ2n) is 15.4. The van der Waals surface area contributed by atoms with E-state index < -0.39 is 58.8 Å². The van der Waals surface area contributed by atoms with E-state index in [4.69, 9.17) is 19.0 Å². The van der Waals surface area contributed by atoms with Gasteiger partial charge < -0.3 is 14.2 Å². The van der Waals surface area contributed by atoms with E-state index in [1.54, 1.807) is 39.7 Å². The lowest BCUT2D eigenvalue weighted by Crippen LogP contribution is -2.63. The summed E-state index contributed by atoms with van der Waals surface area (Å²) in [6.07, 6.45) is 3.98. The number of methoxy groups -OCH3 is 1. The minimum atomic E-state index is -1.11. The van der Waals surface area contributed by atoms with Crippen LogP contribution >= 0.6 is 0 Å². The molecule has 0 aromatic rings. The fourth-order valence-corrected chi connectivity index (χ4v) is 7.49. The van der Waals surface area contributed by atoms with Gasteiger partial charge >= 0.3 is 17.9 Å². The second-order valence-corrected chi connectivity index (χ2v) is 15.4. The van der Waals surface area contributed by atoms with E-state index in [-0.39, 0.29) is 41.9 Å². The smallest absolute Gasteiger partial charge is 0.337 e. The number of esters is 3. The van der Waals surface area contributed by atoms with Crippen LogP contribution in [-0.4, -0.2) is 82.2 Å². The maximum Gasteiger partial charge on any atom is 0.337 e. The van der Waals surface area contributed by atoms with Gasteiger partial charge in [-0.1, -0.05) is 12.2 Å². The molecule has 2 aliphatic heterocycles. The normalized spacial score (nSPS) is 29.0. The van der Waals surface area contributed by atoms with E-state index in [2.05, 4.69) is 0 Å². The number of piperidine rings is 1. The molecule has 0 N–H and O–H groups in total. The lowest BCUT2D eigenvalue weighted by Gasteiger charge is -2.54. The Bertz CT molecular complexity index is 1150. The van der Waals surface area contributed by atoms with E-state index in [1.807, 2.05) is 39.8 Å². The molecule has 2 saturated heterocycles. The highest BCUT2D eigenvalue weighted by Crippen LogP contribution is 2.52. The van der Waals surface area contributed by atoms with Crippen LogP contribution in [-0.2, 0) is 43.0 Å². The molecule has 5 atom stereocenters. The zero-order valence-electron chi connectivity index (χ0n) is 27.2. The molecule has 2 bridgehead atoms. The monoisotopic (exact) mass is 604 g/mol. The third kappa shape index (κ3) is 6.67. The molecule has 0 spiro atoms. The molecule has 2 amide bonds. The van der Waals surface area contributed by atoms with Gasteiger partial charge in [-0.15, -0.1) is 0 Å². The number of ether oxygens (including phenoxy) is 3. The Balaban J connectivity index is 1.44. The van der Waals surface area contributed by atoms with Crippen LogP contribution in [0.25, 0.3) is 0 Å². The van der Waals surface area contributed by atoms with Crippen LogP contribution in [0.1, 0.15) is 88.0 Å². The van der Waals surface area contributed by atoms with Crippen LogP contribution in [0, 0.1) is 29.1 Å². The molecule has 11 heteroatoms. The molecule has 4 aliphatic rings. The number of nitrogens with zero attached hydrogens (tertiary/aromatic N) is 2. The van der Waals surface area contributed by atoms with Crippen LogP contribution in [0.4, 0.5) is 0 Å². The van der Waals surface area contributed by atoms with Crippen LogP contribution in [0.5, 0.6) is 0 Å². The molecule has 4 rings (SSSR count). The van der Waals surface area contributed by atoms with Crippen molar-refractivity contribution in [3.63, 3.8) is 0 Å². The number of hydrogen-bond donors (Lipinski definition) is 0. The first-order chi connectivity index (χ1) is 19.7. The number of likely N-dealkylation sites (tertiary alicyclic amines) is 1. The summed E-state index contributed by atoms with van der Waals surface area (Å²) in [7, 11) is 1.30. The molecule has 2 heterocycles. The molecule has 1 saturated carbocycles. The lowest BCUT2D eigenvalue weighted by molar-refractivity contribution is -0.316. The van der Waals surface area contributed by atoms with Crippen molar-refractivity contribution in [3.05, 3.63) is 12.2 Å². The molecule has 3 fully saturated rings. The Morgan fingerprint density at radius 3 is 1.91 bits per heavy atom. The van der Waals surface area contributed by atoms with Gasteiger partial charge in [0.2, 0.25) is 11.8 Å². The molecular weight excluding hydrogens is 556 g/mol. The van der Waals surface area contributed by atoms with Crippen molar-refractivity contribution < 1.29 is 43.0 Å². The minimum absolute atomic E-state index is 0.0206. The fraction of sp³-hybridized carbons (Fsp3) is 0.781. The number of fused-ring (bicyclic) bond motifs is 5. The van der Waals surface area contributed by atoms with Crippen LogP contribution in [0.3, 0.4) is 0 Å². The number of hydrogen-bond acceptors (Lipinski definition) is 10. The highest BCUT2D eigenvalue weighted by atomic mass is 16.7. The first-order valence-corrected chi connectivity index (χ1v) is 15.2. The summed E-state index contributed by atoms with van der Waals surface area (Å²) in [5.74, 6) is -2.85. The largest absolute Gasteiger partial charge is 0.469 e. The van der Waals surface area contributed by atoms with Gasteiger partial charge in [-0.2, -0.15) is 5.06 Å². The minimum Gasteiger partial charge on any atom is -0.469 e. The second kappa shape index (κ2) is 11.3. The maximum atomic E-state index is 13.3. The van der Waals surface area contributed by atoms with Crippen molar-refractivity contribution in [2.75, 3.05) is 13.7 Å². The van der Waals surface area contributed by atoms with E-state index in [1.165, 1.54) is 7.11 Å². The Labute approximate surface area is 254 Å². The maximum absolute atomic E-state index is 13.3. The van der Waals surface area contributed by atoms with Gasteiger partial charge in [-0.25, -0.2) is 4.79 Å². The van der Waals surface area contributed by atoms with Crippen molar-refractivity contribution in [1.82, 2.24) is 9.96 Å². The predicted molar refractivity (Wildman–Crippen MR) is 155 cm³/mol. The van der Waals surface area contributed by atoms with E-state index in [9.17, 15) is 24.0 Å². The van der Waals surface area contributed by atoms with Crippen molar-refractivity contribution in [3.8, 4) is 0 Å². The first-order valence-electron chi connectivity index (χ1n) is 15.2. The highest BCUT2D eigenvalue weighted by Gasteiger charge is 2.59. The number of imide groups is 1. The average molecular weight is 605 g/mol. The summed E-state index contributed by atoms with van der Waals surface area (Å²) >= 11 is 0. The van der Waals surface area contributed by atoms with Gasteiger partial charge in [0.15, 0.2) is 6.10 Å². The molecule has 11 nitrogen and oxygen atoms in total. The zero-order chi connectivity index (χ0) is 32.3. The van der Waals surface area contributed by atoms with Gasteiger partial charge in [0.05, 0.1) is 24.4 Å². The summed E-state index contributed by atoms with van der Waals surface area (Å²) < 4.78 is 16.5. The van der Waals surface area contributed by atoms with Gasteiger partial charge in [0.25, 0.3) is 0 Å². The molecule has 0 aromatic carbocycles. The van der Waals surface area contributed by atoms with Crippen LogP contribution < -0.4 is 0 Å². The molecular formula is C32H48N2O9. The van der Waals surface area contributed by atoms with E-state index in [0.29, 0.717) is 12.8 Å². The van der Waals surface area contributed by atoms with Crippen molar-refractivity contribution in [2.45, 2.75) is 117 Å². The first kappa shape index (κ1) is 33.1. The number of carbonyl (C=O) groups excluding carboxylic acids is 5.